The van der Waals surface area contributed by atoms with Crippen LogP contribution in [0.4, 0.5) is 32.8 Å². The summed E-state index contributed by atoms with van der Waals surface area (Å²) >= 11 is 1.43. The normalized spacial score (nSPS) is 14.9. The van der Waals surface area contributed by atoms with Crippen molar-refractivity contribution in [3.63, 3.8) is 0 Å². The Labute approximate surface area is 248 Å². The lowest BCUT2D eigenvalue weighted by Gasteiger charge is -2.31. The minimum atomic E-state index is -5.08. The van der Waals surface area contributed by atoms with Gasteiger partial charge < -0.3 is 25.6 Å². The van der Waals surface area contributed by atoms with Crippen molar-refractivity contribution in [3.8, 4) is 22.8 Å². The number of hydrogen-bond donors (Lipinski definition) is 3. The Morgan fingerprint density at radius 1 is 1.14 bits per heavy atom. The lowest BCUT2D eigenvalue weighted by molar-refractivity contribution is -0.192. The summed E-state index contributed by atoms with van der Waals surface area (Å²) in [5, 5.41) is 12.9. The van der Waals surface area contributed by atoms with Crippen molar-refractivity contribution in [2.75, 3.05) is 31.6 Å². The molecule has 2 aromatic carbocycles. The number of thiazole rings is 1. The van der Waals surface area contributed by atoms with Gasteiger partial charge in [0, 0.05) is 49.0 Å². The summed E-state index contributed by atoms with van der Waals surface area (Å²) in [5.74, 6) is -4.49. The van der Waals surface area contributed by atoms with E-state index >= 15 is 0 Å². The monoisotopic (exact) mass is 630 g/mol. The third kappa shape index (κ3) is 10.7. The molecule has 3 aromatic rings. The number of aromatic nitrogens is 1. The van der Waals surface area contributed by atoms with E-state index in [1.807, 2.05) is 48.4 Å². The molecule has 0 spiro atoms. The van der Waals surface area contributed by atoms with Crippen LogP contribution in [0, 0.1) is 0 Å². The number of carbonyl (C=O) groups excluding carboxylic acids is 1. The molecule has 4 rings (SSSR count). The van der Waals surface area contributed by atoms with Gasteiger partial charge in [-0.1, -0.05) is 0 Å². The number of nitrogens with one attached hydrogen (secondary N) is 1. The Morgan fingerprint density at radius 2 is 1.77 bits per heavy atom. The van der Waals surface area contributed by atoms with Gasteiger partial charge in [0.1, 0.15) is 18.1 Å². The van der Waals surface area contributed by atoms with E-state index in [0.717, 1.165) is 11.3 Å². The van der Waals surface area contributed by atoms with Crippen LogP contribution in [0.25, 0.3) is 11.3 Å². The number of carboxylic acids is 1. The van der Waals surface area contributed by atoms with E-state index in [1.165, 1.54) is 11.3 Å². The van der Waals surface area contributed by atoms with Crippen LogP contribution < -0.4 is 20.5 Å². The number of ether oxygens (including phenoxy) is 2. The first kappa shape index (κ1) is 33.5. The number of anilines is 2. The predicted octanol–water partition coefficient (Wildman–Crippen LogP) is 6.18. The fourth-order valence-electron chi connectivity index (χ4n) is 3.83. The summed E-state index contributed by atoms with van der Waals surface area (Å²) in [4.78, 5) is 27.2. The summed E-state index contributed by atoms with van der Waals surface area (Å²) in [5.41, 5.74) is 8.14. The molecule has 0 radical (unpaired) electrons. The lowest BCUT2D eigenvalue weighted by Crippen LogP contribution is -2.41. The third-order valence-corrected chi connectivity index (χ3v) is 6.79. The molecule has 15 heteroatoms. The molecule has 9 nitrogen and oxygen atoms in total. The van der Waals surface area contributed by atoms with Crippen molar-refractivity contribution in [1.82, 2.24) is 9.88 Å². The van der Waals surface area contributed by atoms with Crippen molar-refractivity contribution in [3.05, 3.63) is 53.4 Å². The Kier molecular flexibility index (Phi) is 11.3. The third-order valence-electron chi connectivity index (χ3n) is 6.03. The smallest absolute Gasteiger partial charge is 0.490 e. The largest absolute Gasteiger partial charge is 0.492 e. The van der Waals surface area contributed by atoms with Gasteiger partial charge in [0.05, 0.1) is 17.5 Å². The van der Waals surface area contributed by atoms with E-state index < -0.39 is 24.0 Å². The molecule has 234 valence electrons. The van der Waals surface area contributed by atoms with Crippen LogP contribution in [0.1, 0.15) is 37.0 Å². The van der Waals surface area contributed by atoms with Crippen molar-refractivity contribution >= 4 is 34.0 Å². The Bertz CT molecular complexity index is 1370. The number of amides is 1. The molecule has 1 aliphatic rings. The van der Waals surface area contributed by atoms with Crippen LogP contribution >= 0.6 is 11.3 Å². The molecular weight excluding hydrogens is 599 g/mol. The topological polar surface area (TPSA) is 127 Å². The number of benzene rings is 2. The van der Waals surface area contributed by atoms with Gasteiger partial charge in [-0.3, -0.25) is 9.69 Å². The number of alkyl halides is 5. The van der Waals surface area contributed by atoms with Crippen LogP contribution in [0.5, 0.6) is 11.5 Å². The Morgan fingerprint density at radius 3 is 2.33 bits per heavy atom. The van der Waals surface area contributed by atoms with Gasteiger partial charge in [0.2, 0.25) is 5.91 Å². The summed E-state index contributed by atoms with van der Waals surface area (Å²) in [7, 11) is 0. The summed E-state index contributed by atoms with van der Waals surface area (Å²) in [6, 6.07) is 12.6. The second-order valence-corrected chi connectivity index (χ2v) is 10.6. The number of nitrogens with two attached hydrogens (primary N) is 1. The number of piperidine rings is 1. The predicted molar refractivity (Wildman–Crippen MR) is 151 cm³/mol. The molecule has 1 amide bonds. The van der Waals surface area contributed by atoms with Gasteiger partial charge in [-0.15, -0.1) is 11.3 Å². The zero-order chi connectivity index (χ0) is 31.8. The van der Waals surface area contributed by atoms with Gasteiger partial charge in [-0.2, -0.15) is 13.2 Å². The average Bonchev–Trinajstić information content (AvgIpc) is 3.39. The van der Waals surface area contributed by atoms with Gasteiger partial charge in [-0.05, 0) is 56.3 Å². The maximum atomic E-state index is 13.3. The summed E-state index contributed by atoms with van der Waals surface area (Å²) in [6.07, 6.45) is -5.30. The number of primary amides is 1. The highest BCUT2D eigenvalue weighted by Gasteiger charge is 2.38. The molecule has 1 aliphatic heterocycles. The molecule has 0 saturated carbocycles. The maximum absolute atomic E-state index is 13.3. The minimum Gasteiger partial charge on any atom is -0.492 e. The van der Waals surface area contributed by atoms with E-state index in [4.69, 9.17) is 25.1 Å². The molecule has 2 heterocycles. The first-order valence-electron chi connectivity index (χ1n) is 13.1. The quantitative estimate of drug-likeness (QED) is 0.227. The number of rotatable bonds is 10. The fraction of sp³-hybridized carbons (Fsp3) is 0.393. The minimum absolute atomic E-state index is 0.0397. The molecule has 1 saturated heterocycles. The molecule has 0 bridgehead atoms. The Hall–Kier alpha value is -3.98. The molecular formula is C28H31F5N4O5S. The first-order chi connectivity index (χ1) is 20.1. The SMILES string of the molecule is CC(C)Oc1ccc(C(N)=O)cc1Nc1nc(-c2ccc(OCCN3CCC(F)(F)CC3)cc2)cs1.O=C(O)C(F)(F)F. The van der Waals surface area contributed by atoms with Crippen LogP contribution in [0.15, 0.2) is 47.8 Å². The highest BCUT2D eigenvalue weighted by atomic mass is 32.1. The van der Waals surface area contributed by atoms with E-state index in [-0.39, 0.29) is 18.9 Å². The number of hydrogen-bond acceptors (Lipinski definition) is 8. The van der Waals surface area contributed by atoms with Crippen LogP contribution in [0.3, 0.4) is 0 Å². The highest BCUT2D eigenvalue weighted by Crippen LogP contribution is 2.33. The Balaban J connectivity index is 0.000000646. The summed E-state index contributed by atoms with van der Waals surface area (Å²) < 4.78 is 69.9. The molecule has 1 aromatic heterocycles. The number of likely N-dealkylation sites (tertiary alicyclic amines) is 1. The number of carbonyl (C=O) groups is 2. The summed E-state index contributed by atoms with van der Waals surface area (Å²) in [6.45, 7) is 5.71. The second-order valence-electron chi connectivity index (χ2n) is 9.78. The van der Waals surface area contributed by atoms with Gasteiger partial charge in [0.25, 0.3) is 5.92 Å². The van der Waals surface area contributed by atoms with Crippen molar-refractivity contribution in [1.29, 1.82) is 0 Å². The molecule has 0 atom stereocenters. The van der Waals surface area contributed by atoms with Crippen LogP contribution in [-0.4, -0.2) is 71.3 Å². The molecule has 43 heavy (non-hydrogen) atoms. The first-order valence-corrected chi connectivity index (χ1v) is 14.0. The van der Waals surface area contributed by atoms with Crippen molar-refractivity contribution < 1.29 is 46.1 Å². The second kappa shape index (κ2) is 14.5. The zero-order valence-electron chi connectivity index (χ0n) is 23.3. The number of aliphatic carboxylic acids is 1. The standard InChI is InChI=1S/C26H30F2N4O3S.C2HF3O2/c1-17(2)35-23-8-5-19(24(29)33)15-21(23)30-25-31-22(16-36-25)18-3-6-20(7-4-18)34-14-13-32-11-9-26(27,28)10-12-32;3-2(4,5)1(6)7/h3-8,15-17H,9-14H2,1-2H3,(H2,29,33)(H,30,31);(H,6,7). The molecule has 4 N–H and O–H groups in total. The lowest BCUT2D eigenvalue weighted by atomic mass is 10.1. The van der Waals surface area contributed by atoms with E-state index in [0.29, 0.717) is 54.1 Å². The maximum Gasteiger partial charge on any atom is 0.490 e. The van der Waals surface area contributed by atoms with E-state index in [1.54, 1.807) is 18.2 Å². The van der Waals surface area contributed by atoms with Crippen molar-refractivity contribution in [2.24, 2.45) is 5.73 Å². The zero-order valence-corrected chi connectivity index (χ0v) is 24.1. The van der Waals surface area contributed by atoms with Crippen LogP contribution in [0.2, 0.25) is 0 Å². The fourth-order valence-corrected chi connectivity index (χ4v) is 4.57. The van der Waals surface area contributed by atoms with E-state index in [2.05, 4.69) is 10.3 Å². The molecule has 0 aliphatic carbocycles. The number of nitrogens with zero attached hydrogens (tertiary/aromatic N) is 2. The van der Waals surface area contributed by atoms with Crippen LogP contribution in [-0.2, 0) is 4.79 Å². The molecule has 0 unspecified atom stereocenters. The average molecular weight is 631 g/mol. The number of halogens is 5. The van der Waals surface area contributed by atoms with Gasteiger partial charge in [0.15, 0.2) is 5.13 Å². The van der Waals surface area contributed by atoms with Crippen molar-refractivity contribution in [2.45, 2.75) is 44.9 Å². The van der Waals surface area contributed by atoms with E-state index in [9.17, 15) is 26.7 Å². The van der Waals surface area contributed by atoms with Gasteiger partial charge in [-0.25, -0.2) is 18.6 Å². The number of carboxylic acid groups (broad SMARTS) is 1. The highest BCUT2D eigenvalue weighted by molar-refractivity contribution is 7.14. The van der Waals surface area contributed by atoms with Gasteiger partial charge >= 0.3 is 12.1 Å². The molecule has 1 fully saturated rings.